The van der Waals surface area contributed by atoms with Crippen molar-refractivity contribution in [2.45, 2.75) is 50.7 Å². The summed E-state index contributed by atoms with van der Waals surface area (Å²) in [5.74, 6) is -0.987. The van der Waals surface area contributed by atoms with E-state index in [0.29, 0.717) is 13.1 Å². The predicted molar refractivity (Wildman–Crippen MR) is 73.4 cm³/mol. The first kappa shape index (κ1) is 14.4. The Labute approximate surface area is 116 Å². The summed E-state index contributed by atoms with van der Waals surface area (Å²) in [6.45, 7) is 1.05. The third-order valence-electron chi connectivity index (χ3n) is 3.53. The topological polar surface area (TPSA) is 82.5 Å². The van der Waals surface area contributed by atoms with E-state index in [9.17, 15) is 9.90 Å². The highest BCUT2D eigenvalue weighted by atomic mass is 32.1. The van der Waals surface area contributed by atoms with E-state index >= 15 is 0 Å². The van der Waals surface area contributed by atoms with Crippen molar-refractivity contribution < 1.29 is 15.0 Å². The Morgan fingerprint density at radius 3 is 2.63 bits per heavy atom. The summed E-state index contributed by atoms with van der Waals surface area (Å²) in [6, 6.07) is 0. The van der Waals surface area contributed by atoms with Gasteiger partial charge in [0, 0.05) is 18.5 Å². The molecular weight excluding hydrogens is 264 g/mol. The SMILES string of the molecule is O=C(O)c1nc(CNCC2(O)CCCCCC2)cs1. The minimum Gasteiger partial charge on any atom is -0.476 e. The van der Waals surface area contributed by atoms with Crippen LogP contribution in [0.2, 0.25) is 0 Å². The molecule has 3 N–H and O–H groups in total. The Kier molecular flexibility index (Phi) is 4.90. The van der Waals surface area contributed by atoms with Gasteiger partial charge in [0.25, 0.3) is 0 Å². The first-order valence-electron chi connectivity index (χ1n) is 6.70. The van der Waals surface area contributed by atoms with E-state index < -0.39 is 11.6 Å². The minimum atomic E-state index is -0.987. The van der Waals surface area contributed by atoms with Crippen LogP contribution >= 0.6 is 11.3 Å². The third kappa shape index (κ3) is 4.26. The molecule has 0 atom stereocenters. The van der Waals surface area contributed by atoms with Crippen LogP contribution in [0.15, 0.2) is 5.38 Å². The Morgan fingerprint density at radius 2 is 2.05 bits per heavy atom. The smallest absolute Gasteiger partial charge is 0.365 e. The fourth-order valence-electron chi connectivity index (χ4n) is 2.47. The van der Waals surface area contributed by atoms with Gasteiger partial charge in [0.1, 0.15) is 0 Å². The fraction of sp³-hybridized carbons (Fsp3) is 0.692. The number of aromatic nitrogens is 1. The number of carbonyl (C=O) groups is 1. The van der Waals surface area contributed by atoms with Gasteiger partial charge in [0.15, 0.2) is 0 Å². The normalized spacial score (nSPS) is 19.0. The lowest BCUT2D eigenvalue weighted by molar-refractivity contribution is 0.0249. The minimum absolute atomic E-state index is 0.116. The number of thiazole rings is 1. The number of aliphatic hydroxyl groups is 1. The van der Waals surface area contributed by atoms with Crippen LogP contribution in [0.1, 0.15) is 54.0 Å². The summed E-state index contributed by atoms with van der Waals surface area (Å²) in [5.41, 5.74) is 0.113. The monoisotopic (exact) mass is 284 g/mol. The maximum absolute atomic E-state index is 10.7. The standard InChI is InChI=1S/C13H20N2O3S/c16-12(17)11-15-10(8-19-11)7-14-9-13(18)5-3-1-2-4-6-13/h8,14,18H,1-7,9H2,(H,16,17). The summed E-state index contributed by atoms with van der Waals surface area (Å²) in [7, 11) is 0. The van der Waals surface area contributed by atoms with Gasteiger partial charge in [-0.05, 0) is 12.8 Å². The van der Waals surface area contributed by atoms with Crippen molar-refractivity contribution in [3.05, 3.63) is 16.1 Å². The van der Waals surface area contributed by atoms with Crippen LogP contribution in [0.3, 0.4) is 0 Å². The average molecular weight is 284 g/mol. The molecule has 0 radical (unpaired) electrons. The first-order chi connectivity index (χ1) is 9.09. The van der Waals surface area contributed by atoms with Crippen LogP contribution in [-0.2, 0) is 6.54 Å². The first-order valence-corrected chi connectivity index (χ1v) is 7.58. The molecule has 0 aromatic carbocycles. The number of hydrogen-bond donors (Lipinski definition) is 3. The summed E-state index contributed by atoms with van der Waals surface area (Å²) in [4.78, 5) is 14.7. The highest BCUT2D eigenvalue weighted by Crippen LogP contribution is 2.26. The summed E-state index contributed by atoms with van der Waals surface area (Å²) >= 11 is 1.13. The van der Waals surface area contributed by atoms with Crippen molar-refractivity contribution >= 4 is 17.3 Å². The largest absolute Gasteiger partial charge is 0.476 e. The number of nitrogens with one attached hydrogen (secondary N) is 1. The van der Waals surface area contributed by atoms with Crippen LogP contribution < -0.4 is 5.32 Å². The van der Waals surface area contributed by atoms with Crippen LogP contribution in [0, 0.1) is 0 Å². The Morgan fingerprint density at radius 1 is 1.37 bits per heavy atom. The molecule has 0 saturated heterocycles. The molecule has 0 unspecified atom stereocenters. The predicted octanol–water partition coefficient (Wildman–Crippen LogP) is 2.02. The third-order valence-corrected chi connectivity index (χ3v) is 4.41. The molecule has 0 spiro atoms. The van der Waals surface area contributed by atoms with Crippen LogP contribution in [0.25, 0.3) is 0 Å². The van der Waals surface area contributed by atoms with Gasteiger partial charge in [-0.3, -0.25) is 0 Å². The molecule has 1 aromatic heterocycles. The molecule has 1 aliphatic rings. The van der Waals surface area contributed by atoms with Gasteiger partial charge in [0.05, 0.1) is 11.3 Å². The van der Waals surface area contributed by atoms with Crippen molar-refractivity contribution in [3.63, 3.8) is 0 Å². The molecule has 6 heteroatoms. The molecule has 2 rings (SSSR count). The van der Waals surface area contributed by atoms with Crippen molar-refractivity contribution in [1.82, 2.24) is 10.3 Å². The number of carboxylic acids is 1. The van der Waals surface area contributed by atoms with Crippen molar-refractivity contribution in [1.29, 1.82) is 0 Å². The molecule has 0 amide bonds. The molecule has 1 aliphatic carbocycles. The highest BCUT2D eigenvalue weighted by Gasteiger charge is 2.27. The lowest BCUT2D eigenvalue weighted by atomic mass is 9.94. The zero-order chi connectivity index (χ0) is 13.7. The molecule has 1 saturated carbocycles. The summed E-state index contributed by atoms with van der Waals surface area (Å²) < 4.78 is 0. The van der Waals surface area contributed by atoms with Crippen molar-refractivity contribution in [2.24, 2.45) is 0 Å². The maximum atomic E-state index is 10.7. The Hall–Kier alpha value is -0.980. The lowest BCUT2D eigenvalue weighted by Gasteiger charge is -2.26. The number of nitrogens with zero attached hydrogens (tertiary/aromatic N) is 1. The van der Waals surface area contributed by atoms with Gasteiger partial charge in [-0.2, -0.15) is 0 Å². The number of carboxylic acid groups (broad SMARTS) is 1. The molecule has 106 valence electrons. The molecule has 19 heavy (non-hydrogen) atoms. The number of aromatic carboxylic acids is 1. The highest BCUT2D eigenvalue weighted by molar-refractivity contribution is 7.11. The summed E-state index contributed by atoms with van der Waals surface area (Å²) in [5, 5.41) is 24.3. The maximum Gasteiger partial charge on any atom is 0.365 e. The molecule has 1 aromatic rings. The van der Waals surface area contributed by atoms with Crippen LogP contribution in [-0.4, -0.2) is 33.3 Å². The molecule has 1 heterocycles. The molecular formula is C13H20N2O3S. The van der Waals surface area contributed by atoms with Gasteiger partial charge in [-0.1, -0.05) is 25.7 Å². The zero-order valence-corrected chi connectivity index (χ0v) is 11.7. The zero-order valence-electron chi connectivity index (χ0n) is 10.9. The van der Waals surface area contributed by atoms with Gasteiger partial charge < -0.3 is 15.5 Å². The molecule has 0 aliphatic heterocycles. The van der Waals surface area contributed by atoms with Gasteiger partial charge in [-0.15, -0.1) is 11.3 Å². The van der Waals surface area contributed by atoms with Crippen LogP contribution in [0.5, 0.6) is 0 Å². The van der Waals surface area contributed by atoms with Gasteiger partial charge >= 0.3 is 5.97 Å². The second kappa shape index (κ2) is 6.45. The van der Waals surface area contributed by atoms with E-state index in [-0.39, 0.29) is 5.01 Å². The van der Waals surface area contributed by atoms with E-state index in [1.165, 1.54) is 12.8 Å². The number of rotatable bonds is 5. The lowest BCUT2D eigenvalue weighted by Crippen LogP contribution is -2.39. The quantitative estimate of drug-likeness (QED) is 0.721. The fourth-order valence-corrected chi connectivity index (χ4v) is 3.13. The van der Waals surface area contributed by atoms with Crippen molar-refractivity contribution in [2.75, 3.05) is 6.54 Å². The van der Waals surface area contributed by atoms with Gasteiger partial charge in [-0.25, -0.2) is 9.78 Å². The summed E-state index contributed by atoms with van der Waals surface area (Å²) in [6.07, 6.45) is 6.26. The van der Waals surface area contributed by atoms with E-state index in [4.69, 9.17) is 5.11 Å². The van der Waals surface area contributed by atoms with Gasteiger partial charge in [0.2, 0.25) is 5.01 Å². The molecule has 1 fully saturated rings. The average Bonchev–Trinajstić information content (AvgIpc) is 2.73. The molecule has 0 bridgehead atoms. The Balaban J connectivity index is 1.80. The van der Waals surface area contributed by atoms with E-state index in [1.807, 2.05) is 0 Å². The van der Waals surface area contributed by atoms with Crippen LogP contribution in [0.4, 0.5) is 0 Å². The van der Waals surface area contributed by atoms with Crippen molar-refractivity contribution in [3.8, 4) is 0 Å². The van der Waals surface area contributed by atoms with E-state index in [2.05, 4.69) is 10.3 Å². The van der Waals surface area contributed by atoms with E-state index in [0.717, 1.165) is 42.7 Å². The second-order valence-electron chi connectivity index (χ2n) is 5.19. The Bertz CT molecular complexity index is 425. The second-order valence-corrected chi connectivity index (χ2v) is 6.05. The van der Waals surface area contributed by atoms with E-state index in [1.54, 1.807) is 5.38 Å². The molecule has 5 nitrogen and oxygen atoms in total. The number of hydrogen-bond acceptors (Lipinski definition) is 5.